The van der Waals surface area contributed by atoms with E-state index in [4.69, 9.17) is 4.74 Å². The molecule has 1 aromatic heterocycles. The molecule has 0 fully saturated rings. The number of benzene rings is 3. The lowest BCUT2D eigenvalue weighted by Crippen LogP contribution is -2.31. The third-order valence-corrected chi connectivity index (χ3v) is 7.67. The molecule has 1 atom stereocenters. The molecule has 0 saturated heterocycles. The third kappa shape index (κ3) is 3.41. The number of hydrogen-bond acceptors (Lipinski definition) is 4. The first-order valence-electron chi connectivity index (χ1n) is 12.9. The predicted molar refractivity (Wildman–Crippen MR) is 148 cm³/mol. The van der Waals surface area contributed by atoms with E-state index in [1.54, 1.807) is 0 Å². The fourth-order valence-electron chi connectivity index (χ4n) is 5.86. The van der Waals surface area contributed by atoms with Gasteiger partial charge < -0.3 is 19.1 Å². The highest BCUT2D eigenvalue weighted by atomic mass is 16.6. The van der Waals surface area contributed by atoms with Gasteiger partial charge in [0.25, 0.3) is 0 Å². The molecule has 0 N–H and O–H groups in total. The number of carbonyl (C=O) groups excluding carboxylic acids is 1. The zero-order chi connectivity index (χ0) is 25.6. The Hall–Kier alpha value is -3.73. The number of para-hydroxylation sites is 1. The molecule has 5 nitrogen and oxygen atoms in total. The highest BCUT2D eigenvalue weighted by molar-refractivity contribution is 5.99. The molecule has 0 radical (unpaired) electrons. The minimum atomic E-state index is -1.02. The molecule has 1 unspecified atom stereocenters. The van der Waals surface area contributed by atoms with Gasteiger partial charge in [0.2, 0.25) is 0 Å². The van der Waals surface area contributed by atoms with Gasteiger partial charge in [-0.25, -0.2) is 4.79 Å². The van der Waals surface area contributed by atoms with Gasteiger partial charge in [-0.15, -0.1) is 0 Å². The summed E-state index contributed by atoms with van der Waals surface area (Å²) >= 11 is 0. The van der Waals surface area contributed by atoms with Crippen LogP contribution in [0.5, 0.6) is 0 Å². The first-order chi connectivity index (χ1) is 17.4. The van der Waals surface area contributed by atoms with Crippen molar-refractivity contribution in [2.45, 2.75) is 39.8 Å². The second-order valence-corrected chi connectivity index (χ2v) is 9.64. The normalized spacial score (nSPS) is 16.8. The average molecular weight is 482 g/mol. The van der Waals surface area contributed by atoms with E-state index in [2.05, 4.69) is 97.8 Å². The van der Waals surface area contributed by atoms with Crippen LogP contribution >= 0.6 is 0 Å². The van der Waals surface area contributed by atoms with Crippen LogP contribution in [0.4, 0.5) is 11.4 Å². The van der Waals surface area contributed by atoms with Crippen molar-refractivity contribution in [3.63, 3.8) is 0 Å². The van der Waals surface area contributed by atoms with Crippen molar-refractivity contribution in [2.75, 3.05) is 37.0 Å². The summed E-state index contributed by atoms with van der Waals surface area (Å²) in [5, 5.41) is 1.11. The largest absolute Gasteiger partial charge is 0.440 e. The topological polar surface area (TPSA) is 37.7 Å². The fourth-order valence-corrected chi connectivity index (χ4v) is 5.86. The van der Waals surface area contributed by atoms with E-state index in [9.17, 15) is 4.79 Å². The molecule has 3 aromatic carbocycles. The average Bonchev–Trinajstić information content (AvgIpc) is 3.35. The van der Waals surface area contributed by atoms with E-state index in [-0.39, 0.29) is 5.97 Å². The summed E-state index contributed by atoms with van der Waals surface area (Å²) in [6.07, 6.45) is 0. The van der Waals surface area contributed by atoms with E-state index in [1.807, 2.05) is 25.1 Å². The van der Waals surface area contributed by atoms with Crippen molar-refractivity contribution in [3.05, 3.63) is 94.7 Å². The Morgan fingerprint density at radius 1 is 0.889 bits per heavy atom. The van der Waals surface area contributed by atoms with Gasteiger partial charge in [0.1, 0.15) is 0 Å². The quantitative estimate of drug-likeness (QED) is 0.289. The number of esters is 1. The van der Waals surface area contributed by atoms with E-state index in [1.165, 1.54) is 5.69 Å². The van der Waals surface area contributed by atoms with E-state index in [0.29, 0.717) is 5.56 Å². The first-order valence-corrected chi connectivity index (χ1v) is 12.9. The molecule has 1 aliphatic heterocycles. The summed E-state index contributed by atoms with van der Waals surface area (Å²) in [4.78, 5) is 17.9. The molecule has 36 heavy (non-hydrogen) atoms. The number of aromatic nitrogens is 1. The SMILES string of the molecule is CCN(CC)c1ccc(C2(c3c(C)n(CC)c4ccccc34)OC(=O)c3cc(N(C)C)ccc32)cc1. The summed E-state index contributed by atoms with van der Waals surface area (Å²) in [5.41, 5.74) is 6.92. The van der Waals surface area contributed by atoms with Crippen LogP contribution < -0.4 is 9.80 Å². The van der Waals surface area contributed by atoms with Crippen LogP contribution in [-0.4, -0.2) is 37.7 Å². The summed E-state index contributed by atoms with van der Waals surface area (Å²) in [5.74, 6) is -0.283. The molecule has 5 rings (SSSR count). The Morgan fingerprint density at radius 3 is 2.19 bits per heavy atom. The number of anilines is 2. The molecule has 0 spiro atoms. The Kier molecular flexibility index (Phi) is 6.03. The molecule has 0 amide bonds. The Bertz CT molecular complexity index is 1430. The second kappa shape index (κ2) is 9.05. The van der Waals surface area contributed by atoms with Gasteiger partial charge in [-0.2, -0.15) is 0 Å². The third-order valence-electron chi connectivity index (χ3n) is 7.67. The number of hydrogen-bond donors (Lipinski definition) is 0. The van der Waals surface area contributed by atoms with Crippen LogP contribution in [0, 0.1) is 6.92 Å². The minimum Gasteiger partial charge on any atom is -0.440 e. The van der Waals surface area contributed by atoms with Gasteiger partial charge in [0.05, 0.1) is 5.56 Å². The van der Waals surface area contributed by atoms with Crippen molar-refractivity contribution in [1.29, 1.82) is 0 Å². The highest BCUT2D eigenvalue weighted by Gasteiger charge is 2.51. The fraction of sp³-hybridized carbons (Fsp3) is 0.323. The summed E-state index contributed by atoms with van der Waals surface area (Å²) in [7, 11) is 3.97. The monoisotopic (exact) mass is 481 g/mol. The van der Waals surface area contributed by atoms with Crippen LogP contribution in [0.3, 0.4) is 0 Å². The zero-order valence-corrected chi connectivity index (χ0v) is 22.1. The maximum Gasteiger partial charge on any atom is 0.340 e. The second-order valence-electron chi connectivity index (χ2n) is 9.64. The lowest BCUT2D eigenvalue weighted by molar-refractivity contribution is 0.0253. The van der Waals surface area contributed by atoms with Crippen molar-refractivity contribution >= 4 is 28.2 Å². The van der Waals surface area contributed by atoms with Crippen LogP contribution in [0.2, 0.25) is 0 Å². The number of fused-ring (bicyclic) bond motifs is 2. The van der Waals surface area contributed by atoms with Gasteiger partial charge in [0, 0.05) is 78.4 Å². The smallest absolute Gasteiger partial charge is 0.340 e. The predicted octanol–water partition coefficient (Wildman–Crippen LogP) is 6.34. The van der Waals surface area contributed by atoms with Crippen molar-refractivity contribution in [2.24, 2.45) is 0 Å². The highest BCUT2D eigenvalue weighted by Crippen LogP contribution is 2.51. The van der Waals surface area contributed by atoms with Crippen molar-refractivity contribution < 1.29 is 9.53 Å². The molecular formula is C31H35N3O2. The van der Waals surface area contributed by atoms with Crippen LogP contribution in [0.15, 0.2) is 66.7 Å². The summed E-state index contributed by atoms with van der Waals surface area (Å²) in [6.45, 7) is 11.4. The minimum absolute atomic E-state index is 0.283. The number of cyclic esters (lactones) is 1. The molecule has 4 aromatic rings. The summed E-state index contributed by atoms with van der Waals surface area (Å²) < 4.78 is 8.86. The maximum atomic E-state index is 13.5. The number of carbonyl (C=O) groups is 1. The first kappa shape index (κ1) is 24.0. The molecule has 0 saturated carbocycles. The molecule has 0 aliphatic carbocycles. The Labute approximate surface area is 213 Å². The van der Waals surface area contributed by atoms with Gasteiger partial charge in [-0.3, -0.25) is 0 Å². The molecule has 1 aliphatic rings. The standard InChI is InChI=1S/C31H35N3O2/c1-7-33(8-2)23-16-14-22(15-17-23)31(27-19-18-24(32(5)6)20-26(27)30(35)36-31)29-21(4)34(9-3)28-13-11-10-12-25(28)29/h10-20H,7-9H2,1-6H3. The van der Waals surface area contributed by atoms with Gasteiger partial charge >= 0.3 is 5.97 Å². The van der Waals surface area contributed by atoms with Gasteiger partial charge in [0.15, 0.2) is 5.60 Å². The molecule has 186 valence electrons. The van der Waals surface area contributed by atoms with E-state index in [0.717, 1.165) is 58.6 Å². The van der Waals surface area contributed by atoms with Crippen LogP contribution in [0.1, 0.15) is 53.5 Å². The lowest BCUT2D eigenvalue weighted by atomic mass is 9.78. The zero-order valence-electron chi connectivity index (χ0n) is 22.1. The summed E-state index contributed by atoms with van der Waals surface area (Å²) in [6, 6.07) is 23.1. The van der Waals surface area contributed by atoms with E-state index >= 15 is 0 Å². The molecule has 2 heterocycles. The van der Waals surface area contributed by atoms with Gasteiger partial charge in [-0.05, 0) is 58.0 Å². The number of ether oxygens (including phenoxy) is 1. The Morgan fingerprint density at radius 2 is 1.56 bits per heavy atom. The van der Waals surface area contributed by atoms with Crippen molar-refractivity contribution in [3.8, 4) is 0 Å². The molecular weight excluding hydrogens is 446 g/mol. The molecule has 0 bridgehead atoms. The number of nitrogens with zero attached hydrogens (tertiary/aromatic N) is 3. The van der Waals surface area contributed by atoms with E-state index < -0.39 is 5.60 Å². The molecule has 5 heteroatoms. The maximum absolute atomic E-state index is 13.5. The van der Waals surface area contributed by atoms with Crippen LogP contribution in [0.25, 0.3) is 10.9 Å². The van der Waals surface area contributed by atoms with Gasteiger partial charge in [-0.1, -0.05) is 36.4 Å². The number of aryl methyl sites for hydroxylation is 1. The Balaban J connectivity index is 1.84. The number of rotatable bonds is 7. The van der Waals surface area contributed by atoms with Crippen LogP contribution in [-0.2, 0) is 16.9 Å². The lowest BCUT2D eigenvalue weighted by Gasteiger charge is -2.32. The van der Waals surface area contributed by atoms with Crippen molar-refractivity contribution in [1.82, 2.24) is 4.57 Å².